The molecule has 2 N–H and O–H groups in total. The number of rotatable bonds is 0. The molecule has 0 saturated heterocycles. The Bertz CT molecular complexity index is 532. The smallest absolute Gasteiger partial charge is 0.340 e. The first-order chi connectivity index (χ1) is 7.24. The van der Waals surface area contributed by atoms with E-state index in [0.717, 1.165) is 4.57 Å². The van der Waals surface area contributed by atoms with Gasteiger partial charge in [-0.3, -0.25) is 4.57 Å². The third kappa shape index (κ3) is 1.34. The molecule has 0 fully saturated rings. The third-order valence-electron chi connectivity index (χ3n) is 1.84. The number of carbonyl (C=O) groups excluding carboxylic acids is 1. The number of carbonyl (C=O) groups is 1. The first-order valence-corrected chi connectivity index (χ1v) is 3.99. The predicted octanol–water partition coefficient (Wildman–Crippen LogP) is 0.0499. The minimum Gasteiger partial charge on any atom is -0.382 e. The van der Waals surface area contributed by atoms with E-state index in [9.17, 15) is 4.79 Å². The molecule has 7 nitrogen and oxygen atoms in total. The minimum atomic E-state index is -0.431. The van der Waals surface area contributed by atoms with E-state index in [-0.39, 0.29) is 11.5 Å². The van der Waals surface area contributed by atoms with Gasteiger partial charge in [0.25, 0.3) is 0 Å². The van der Waals surface area contributed by atoms with E-state index in [2.05, 4.69) is 9.97 Å². The maximum absolute atomic E-state index is 11.7. The van der Waals surface area contributed by atoms with Gasteiger partial charge in [0.1, 0.15) is 24.5 Å². The molecule has 0 unspecified atom stereocenters. The van der Waals surface area contributed by atoms with Crippen LogP contribution in [0.25, 0.3) is 0 Å². The summed E-state index contributed by atoms with van der Waals surface area (Å²) < 4.78 is 2.32. The fourth-order valence-corrected chi connectivity index (χ4v) is 1.09. The second-order valence-electron chi connectivity index (χ2n) is 2.71. The van der Waals surface area contributed by atoms with E-state index in [1.807, 2.05) is 0 Å². The number of anilines is 1. The van der Waals surface area contributed by atoms with E-state index in [1.54, 1.807) is 6.07 Å². The maximum atomic E-state index is 11.7. The second-order valence-corrected chi connectivity index (χ2v) is 2.71. The van der Waals surface area contributed by atoms with Crippen molar-refractivity contribution in [1.29, 1.82) is 5.26 Å². The van der Waals surface area contributed by atoms with E-state index < -0.39 is 6.03 Å². The molecule has 0 aliphatic heterocycles. The van der Waals surface area contributed by atoms with Gasteiger partial charge in [0.15, 0.2) is 5.69 Å². The van der Waals surface area contributed by atoms with Gasteiger partial charge < -0.3 is 5.73 Å². The van der Waals surface area contributed by atoms with E-state index in [0.29, 0.717) is 0 Å². The van der Waals surface area contributed by atoms with Crippen molar-refractivity contribution in [1.82, 2.24) is 19.1 Å². The Labute approximate surface area is 84.4 Å². The number of nitrogens with two attached hydrogens (primary N) is 1. The number of nitrogen functional groups attached to an aromatic ring is 1. The van der Waals surface area contributed by atoms with Crippen molar-refractivity contribution >= 4 is 11.8 Å². The Morgan fingerprint density at radius 2 is 2.33 bits per heavy atom. The second kappa shape index (κ2) is 3.26. The van der Waals surface area contributed by atoms with Gasteiger partial charge in [-0.2, -0.15) is 5.26 Å². The Morgan fingerprint density at radius 3 is 2.87 bits per heavy atom. The highest BCUT2D eigenvalue weighted by Gasteiger charge is 2.13. The van der Waals surface area contributed by atoms with Crippen molar-refractivity contribution in [2.45, 2.75) is 0 Å². The lowest BCUT2D eigenvalue weighted by Crippen LogP contribution is -2.18. The lowest BCUT2D eigenvalue weighted by Gasteiger charge is -2.02. The van der Waals surface area contributed by atoms with E-state index >= 15 is 0 Å². The summed E-state index contributed by atoms with van der Waals surface area (Å²) >= 11 is 0. The highest BCUT2D eigenvalue weighted by molar-refractivity contribution is 5.82. The van der Waals surface area contributed by atoms with Crippen molar-refractivity contribution in [2.75, 3.05) is 5.73 Å². The van der Waals surface area contributed by atoms with Crippen LogP contribution in [-0.2, 0) is 0 Å². The number of nitriles is 1. The number of nitrogens with zero attached hydrogens (tertiary/aromatic N) is 5. The molecule has 0 aliphatic carbocycles. The van der Waals surface area contributed by atoms with Crippen LogP contribution in [0, 0.1) is 11.3 Å². The molecule has 0 spiro atoms. The van der Waals surface area contributed by atoms with Gasteiger partial charge in [0.05, 0.1) is 0 Å². The molecule has 0 atom stereocenters. The molecule has 0 amide bonds. The SMILES string of the molecule is N#Cc1ncn(C(=O)n2ccnc2)c1N. The molecule has 2 heterocycles. The molecule has 2 aromatic rings. The molecular weight excluding hydrogens is 196 g/mol. The molecule has 0 aromatic carbocycles. The molecule has 0 aliphatic rings. The fourth-order valence-electron chi connectivity index (χ4n) is 1.09. The minimum absolute atomic E-state index is 0.0243. The van der Waals surface area contributed by atoms with Gasteiger partial charge in [0.2, 0.25) is 0 Å². The van der Waals surface area contributed by atoms with Crippen LogP contribution < -0.4 is 5.73 Å². The molecule has 0 bridgehead atoms. The number of imidazole rings is 2. The Balaban J connectivity index is 2.44. The van der Waals surface area contributed by atoms with Gasteiger partial charge in [-0.05, 0) is 0 Å². The summed E-state index contributed by atoms with van der Waals surface area (Å²) in [6.45, 7) is 0. The average Bonchev–Trinajstić information content (AvgIpc) is 2.85. The first kappa shape index (κ1) is 8.96. The van der Waals surface area contributed by atoms with Crippen LogP contribution in [0.5, 0.6) is 0 Å². The Kier molecular flexibility index (Phi) is 1.95. The largest absolute Gasteiger partial charge is 0.382 e. The predicted molar refractivity (Wildman–Crippen MR) is 49.8 cm³/mol. The topological polar surface area (TPSA) is 103 Å². The Morgan fingerprint density at radius 1 is 1.53 bits per heavy atom. The summed E-state index contributed by atoms with van der Waals surface area (Å²) in [4.78, 5) is 19.1. The zero-order valence-electron chi connectivity index (χ0n) is 7.53. The van der Waals surface area contributed by atoms with Crippen molar-refractivity contribution < 1.29 is 4.79 Å². The molecule has 74 valence electrons. The molecule has 2 rings (SSSR count). The monoisotopic (exact) mass is 202 g/mol. The van der Waals surface area contributed by atoms with Crippen molar-refractivity contribution in [3.63, 3.8) is 0 Å². The van der Waals surface area contributed by atoms with Gasteiger partial charge in [-0.25, -0.2) is 19.3 Å². The standard InChI is InChI=1S/C8H6N6O/c9-3-6-7(10)14(5-12-6)8(15)13-2-1-11-4-13/h1-2,4-5H,10H2. The summed E-state index contributed by atoms with van der Waals surface area (Å²) in [7, 11) is 0. The summed E-state index contributed by atoms with van der Waals surface area (Å²) in [5, 5.41) is 8.61. The van der Waals surface area contributed by atoms with Crippen molar-refractivity contribution in [3.8, 4) is 6.07 Å². The van der Waals surface area contributed by atoms with Gasteiger partial charge in [-0.1, -0.05) is 0 Å². The normalized spacial score (nSPS) is 9.80. The first-order valence-electron chi connectivity index (χ1n) is 3.99. The van der Waals surface area contributed by atoms with Crippen LogP contribution in [0.2, 0.25) is 0 Å². The van der Waals surface area contributed by atoms with Crippen LogP contribution >= 0.6 is 0 Å². The molecule has 0 radical (unpaired) electrons. The van der Waals surface area contributed by atoms with E-state index in [1.165, 1.54) is 29.6 Å². The summed E-state index contributed by atoms with van der Waals surface area (Å²) in [5.41, 5.74) is 5.58. The number of hydrogen-bond acceptors (Lipinski definition) is 5. The van der Waals surface area contributed by atoms with Crippen molar-refractivity contribution in [2.24, 2.45) is 0 Å². The Hall–Kier alpha value is -2.62. The zero-order valence-corrected chi connectivity index (χ0v) is 7.53. The van der Waals surface area contributed by atoms with Gasteiger partial charge >= 0.3 is 6.03 Å². The number of aromatic nitrogens is 4. The van der Waals surface area contributed by atoms with Crippen LogP contribution in [0.1, 0.15) is 5.69 Å². The summed E-state index contributed by atoms with van der Waals surface area (Å²) in [6.07, 6.45) is 5.49. The average molecular weight is 202 g/mol. The van der Waals surface area contributed by atoms with Crippen LogP contribution in [-0.4, -0.2) is 25.1 Å². The van der Waals surface area contributed by atoms with Gasteiger partial charge in [-0.15, -0.1) is 0 Å². The van der Waals surface area contributed by atoms with Gasteiger partial charge in [0, 0.05) is 12.4 Å². The third-order valence-corrected chi connectivity index (χ3v) is 1.84. The lowest BCUT2D eigenvalue weighted by atomic mass is 10.5. The fraction of sp³-hybridized carbons (Fsp3) is 0. The molecular formula is C8H6N6O. The highest BCUT2D eigenvalue weighted by atomic mass is 16.2. The summed E-state index contributed by atoms with van der Waals surface area (Å²) in [5.74, 6) is 0.0243. The summed E-state index contributed by atoms with van der Waals surface area (Å²) in [6, 6.07) is 1.35. The molecule has 0 saturated carbocycles. The van der Waals surface area contributed by atoms with E-state index in [4.69, 9.17) is 11.0 Å². The van der Waals surface area contributed by atoms with Crippen LogP contribution in [0.15, 0.2) is 25.0 Å². The molecule has 7 heteroatoms. The van der Waals surface area contributed by atoms with Crippen LogP contribution in [0.3, 0.4) is 0 Å². The molecule has 15 heavy (non-hydrogen) atoms. The lowest BCUT2D eigenvalue weighted by molar-refractivity contribution is 0.244. The van der Waals surface area contributed by atoms with Crippen LogP contribution in [0.4, 0.5) is 10.6 Å². The van der Waals surface area contributed by atoms with Crippen molar-refractivity contribution in [3.05, 3.63) is 30.7 Å². The maximum Gasteiger partial charge on any atom is 0.340 e. The highest BCUT2D eigenvalue weighted by Crippen LogP contribution is 2.08. The quantitative estimate of drug-likeness (QED) is 0.650. The number of hydrogen-bond donors (Lipinski definition) is 1. The zero-order chi connectivity index (χ0) is 10.8. The molecule has 2 aromatic heterocycles.